The van der Waals surface area contributed by atoms with Crippen LogP contribution in [0, 0.1) is 0 Å². The van der Waals surface area contributed by atoms with Crippen molar-refractivity contribution < 1.29 is 13.2 Å². The molecule has 0 aliphatic carbocycles. The molecule has 2 nitrogen and oxygen atoms in total. The molecule has 1 aromatic rings. The average Bonchev–Trinajstić information content (AvgIpc) is 2.36. The van der Waals surface area contributed by atoms with Crippen molar-refractivity contribution in [3.05, 3.63) is 29.3 Å². The Bertz CT molecular complexity index is 410. The minimum Gasteiger partial charge on any atom is -0.398 e. The molecule has 5 heteroatoms. The van der Waals surface area contributed by atoms with Gasteiger partial charge in [-0.1, -0.05) is 19.9 Å². The summed E-state index contributed by atoms with van der Waals surface area (Å²) in [5.74, 6) is 0. The van der Waals surface area contributed by atoms with Gasteiger partial charge in [-0.25, -0.2) is 0 Å². The van der Waals surface area contributed by atoms with Crippen LogP contribution in [0.4, 0.5) is 18.9 Å². The highest BCUT2D eigenvalue weighted by Gasteiger charge is 2.32. The average molecular weight is 288 g/mol. The number of rotatable bonds is 7. The number of benzene rings is 1. The van der Waals surface area contributed by atoms with Crippen molar-refractivity contribution in [2.45, 2.75) is 39.3 Å². The molecule has 0 unspecified atom stereocenters. The second-order valence-electron chi connectivity index (χ2n) is 5.01. The number of alkyl halides is 3. The zero-order chi connectivity index (χ0) is 15.2. The van der Waals surface area contributed by atoms with E-state index in [9.17, 15) is 13.2 Å². The van der Waals surface area contributed by atoms with Gasteiger partial charge in [-0.3, -0.25) is 0 Å². The molecule has 0 aliphatic heterocycles. The van der Waals surface area contributed by atoms with Gasteiger partial charge in [0.1, 0.15) is 0 Å². The van der Waals surface area contributed by atoms with Gasteiger partial charge in [-0.05, 0) is 50.0 Å². The maximum absolute atomic E-state index is 12.8. The SMILES string of the molecule is CCCN(CCC)CCc1ccc(N)c(C(F)(F)F)c1. The molecule has 0 heterocycles. The normalized spacial score (nSPS) is 12.1. The smallest absolute Gasteiger partial charge is 0.398 e. The molecular weight excluding hydrogens is 265 g/mol. The number of nitrogens with zero attached hydrogens (tertiary/aromatic N) is 1. The summed E-state index contributed by atoms with van der Waals surface area (Å²) < 4.78 is 38.3. The molecule has 0 bridgehead atoms. The van der Waals surface area contributed by atoms with Crippen LogP contribution < -0.4 is 5.73 Å². The van der Waals surface area contributed by atoms with Crippen molar-refractivity contribution in [1.29, 1.82) is 0 Å². The van der Waals surface area contributed by atoms with Gasteiger partial charge in [0.2, 0.25) is 0 Å². The monoisotopic (exact) mass is 288 g/mol. The highest BCUT2D eigenvalue weighted by atomic mass is 19.4. The third-order valence-electron chi connectivity index (χ3n) is 3.22. The van der Waals surface area contributed by atoms with Gasteiger partial charge >= 0.3 is 6.18 Å². The molecule has 20 heavy (non-hydrogen) atoms. The molecule has 114 valence electrons. The van der Waals surface area contributed by atoms with Crippen LogP contribution in [0.15, 0.2) is 18.2 Å². The standard InChI is InChI=1S/C15H23F3N2/c1-3-8-20(9-4-2)10-7-12-5-6-14(19)13(11-12)15(16,17)18/h5-6,11H,3-4,7-10,19H2,1-2H3. The van der Waals surface area contributed by atoms with Crippen LogP contribution in [0.25, 0.3) is 0 Å². The van der Waals surface area contributed by atoms with E-state index >= 15 is 0 Å². The van der Waals surface area contributed by atoms with E-state index in [2.05, 4.69) is 18.7 Å². The molecule has 2 N–H and O–H groups in total. The Morgan fingerprint density at radius 2 is 1.65 bits per heavy atom. The summed E-state index contributed by atoms with van der Waals surface area (Å²) in [6, 6.07) is 4.20. The third-order valence-corrected chi connectivity index (χ3v) is 3.22. The Morgan fingerprint density at radius 1 is 1.05 bits per heavy atom. The summed E-state index contributed by atoms with van der Waals surface area (Å²) in [6.07, 6.45) is -1.67. The van der Waals surface area contributed by atoms with Gasteiger partial charge in [0.15, 0.2) is 0 Å². The van der Waals surface area contributed by atoms with E-state index in [4.69, 9.17) is 5.73 Å². The summed E-state index contributed by atoms with van der Waals surface area (Å²) >= 11 is 0. The Labute approximate surface area is 118 Å². The number of nitrogen functional groups attached to an aromatic ring is 1. The first kappa shape index (κ1) is 16.8. The number of nitrogens with two attached hydrogens (primary N) is 1. The molecule has 1 rings (SSSR count). The Balaban J connectivity index is 2.73. The van der Waals surface area contributed by atoms with E-state index in [1.54, 1.807) is 6.07 Å². The fourth-order valence-corrected chi connectivity index (χ4v) is 2.26. The lowest BCUT2D eigenvalue weighted by atomic mass is 10.1. The fourth-order valence-electron chi connectivity index (χ4n) is 2.26. The van der Waals surface area contributed by atoms with Crippen LogP contribution in [0.2, 0.25) is 0 Å². The highest BCUT2D eigenvalue weighted by molar-refractivity contribution is 5.50. The topological polar surface area (TPSA) is 29.3 Å². The van der Waals surface area contributed by atoms with Gasteiger partial charge in [0.05, 0.1) is 5.56 Å². The summed E-state index contributed by atoms with van der Waals surface area (Å²) in [5.41, 5.74) is 5.14. The molecule has 0 fully saturated rings. The maximum atomic E-state index is 12.8. The van der Waals surface area contributed by atoms with E-state index in [0.717, 1.165) is 32.5 Å². The lowest BCUT2D eigenvalue weighted by Crippen LogP contribution is -2.27. The molecule has 0 saturated heterocycles. The Hall–Kier alpha value is -1.23. The Morgan fingerprint density at radius 3 is 2.15 bits per heavy atom. The van der Waals surface area contributed by atoms with Gasteiger partial charge in [0.25, 0.3) is 0 Å². The molecular formula is C15H23F3N2. The number of hydrogen-bond donors (Lipinski definition) is 1. The highest BCUT2D eigenvalue weighted by Crippen LogP contribution is 2.34. The second kappa shape index (κ2) is 7.53. The second-order valence-corrected chi connectivity index (χ2v) is 5.01. The zero-order valence-corrected chi connectivity index (χ0v) is 12.1. The predicted molar refractivity (Wildman–Crippen MR) is 76.6 cm³/mol. The van der Waals surface area contributed by atoms with Gasteiger partial charge in [0, 0.05) is 12.2 Å². The van der Waals surface area contributed by atoms with Crippen LogP contribution in [-0.4, -0.2) is 24.5 Å². The van der Waals surface area contributed by atoms with Crippen LogP contribution >= 0.6 is 0 Å². The van der Waals surface area contributed by atoms with Crippen LogP contribution in [0.3, 0.4) is 0 Å². The van der Waals surface area contributed by atoms with E-state index in [1.807, 2.05) is 0 Å². The first-order valence-corrected chi connectivity index (χ1v) is 7.06. The van der Waals surface area contributed by atoms with E-state index < -0.39 is 11.7 Å². The number of anilines is 1. The summed E-state index contributed by atoms with van der Waals surface area (Å²) in [4.78, 5) is 2.28. The molecule has 0 atom stereocenters. The van der Waals surface area contributed by atoms with Crippen molar-refractivity contribution in [3.63, 3.8) is 0 Å². The first-order valence-electron chi connectivity index (χ1n) is 7.06. The summed E-state index contributed by atoms with van der Waals surface area (Å²) in [5, 5.41) is 0. The van der Waals surface area contributed by atoms with Crippen molar-refractivity contribution in [3.8, 4) is 0 Å². The van der Waals surface area contributed by atoms with Crippen molar-refractivity contribution in [2.75, 3.05) is 25.4 Å². The van der Waals surface area contributed by atoms with E-state index in [0.29, 0.717) is 12.0 Å². The fraction of sp³-hybridized carbons (Fsp3) is 0.600. The lowest BCUT2D eigenvalue weighted by molar-refractivity contribution is -0.136. The lowest BCUT2D eigenvalue weighted by Gasteiger charge is -2.21. The molecule has 0 saturated carbocycles. The number of halogens is 3. The van der Waals surface area contributed by atoms with Gasteiger partial charge in [-0.2, -0.15) is 13.2 Å². The molecule has 0 aliphatic rings. The molecule has 0 aromatic heterocycles. The van der Waals surface area contributed by atoms with Crippen LogP contribution in [-0.2, 0) is 12.6 Å². The quantitative estimate of drug-likeness (QED) is 0.770. The van der Waals surface area contributed by atoms with Crippen LogP contribution in [0.1, 0.15) is 37.8 Å². The third kappa shape index (κ3) is 5.04. The van der Waals surface area contributed by atoms with Crippen molar-refractivity contribution in [2.24, 2.45) is 0 Å². The Kier molecular flexibility index (Phi) is 6.33. The summed E-state index contributed by atoms with van der Waals surface area (Å²) in [6.45, 7) is 6.95. The predicted octanol–water partition coefficient (Wildman–Crippen LogP) is 3.95. The minimum atomic E-state index is -4.38. The first-order chi connectivity index (χ1) is 9.38. The largest absolute Gasteiger partial charge is 0.418 e. The zero-order valence-electron chi connectivity index (χ0n) is 12.1. The summed E-state index contributed by atoms with van der Waals surface area (Å²) in [7, 11) is 0. The van der Waals surface area contributed by atoms with Crippen molar-refractivity contribution in [1.82, 2.24) is 4.90 Å². The molecule has 1 aromatic carbocycles. The van der Waals surface area contributed by atoms with Crippen molar-refractivity contribution >= 4 is 5.69 Å². The number of hydrogen-bond acceptors (Lipinski definition) is 2. The van der Waals surface area contributed by atoms with Crippen LogP contribution in [0.5, 0.6) is 0 Å². The van der Waals surface area contributed by atoms with Gasteiger partial charge in [-0.15, -0.1) is 0 Å². The maximum Gasteiger partial charge on any atom is 0.418 e. The molecule has 0 spiro atoms. The molecule has 0 amide bonds. The molecule has 0 radical (unpaired) electrons. The minimum absolute atomic E-state index is 0.208. The van der Waals surface area contributed by atoms with E-state index in [1.165, 1.54) is 12.1 Å². The van der Waals surface area contributed by atoms with E-state index in [-0.39, 0.29) is 5.69 Å². The van der Waals surface area contributed by atoms with Gasteiger partial charge < -0.3 is 10.6 Å².